The Hall–Kier alpha value is -3.21. The highest BCUT2D eigenvalue weighted by molar-refractivity contribution is 6.04. The zero-order valence-electron chi connectivity index (χ0n) is 15.8. The third-order valence-electron chi connectivity index (χ3n) is 5.79. The first-order chi connectivity index (χ1) is 13.4. The van der Waals surface area contributed by atoms with E-state index in [9.17, 15) is 14.4 Å². The van der Waals surface area contributed by atoms with Gasteiger partial charge in [-0.05, 0) is 29.5 Å². The van der Waals surface area contributed by atoms with Crippen molar-refractivity contribution in [3.05, 3.63) is 86.4 Å². The molecule has 5 nitrogen and oxygen atoms in total. The van der Waals surface area contributed by atoms with Gasteiger partial charge in [-0.1, -0.05) is 56.3 Å². The SMILES string of the molecule is CC1(C)CC(=O)C2=C(C1)n1c(=O)c3ccccc3c(=O)n1[C@@H]2c1ccccc1. The molecular weight excluding hydrogens is 352 g/mol. The predicted octanol–water partition coefficient (Wildman–Crippen LogP) is 3.37. The van der Waals surface area contributed by atoms with Crippen molar-refractivity contribution in [3.8, 4) is 0 Å². The third-order valence-corrected chi connectivity index (χ3v) is 5.79. The molecule has 1 atom stereocenters. The number of aromatic nitrogens is 2. The van der Waals surface area contributed by atoms with E-state index in [1.807, 2.05) is 44.2 Å². The van der Waals surface area contributed by atoms with Crippen LogP contribution in [0.25, 0.3) is 16.5 Å². The van der Waals surface area contributed by atoms with Crippen LogP contribution in [0.15, 0.2) is 69.8 Å². The van der Waals surface area contributed by atoms with Gasteiger partial charge in [-0.25, -0.2) is 9.36 Å². The molecule has 0 saturated carbocycles. The number of benzene rings is 2. The molecule has 0 N–H and O–H groups in total. The van der Waals surface area contributed by atoms with Crippen molar-refractivity contribution in [1.82, 2.24) is 9.36 Å². The van der Waals surface area contributed by atoms with Gasteiger partial charge < -0.3 is 0 Å². The van der Waals surface area contributed by atoms with Gasteiger partial charge in [0.1, 0.15) is 6.04 Å². The Morgan fingerprint density at radius 3 is 2.11 bits per heavy atom. The number of hydrogen-bond acceptors (Lipinski definition) is 3. The zero-order chi connectivity index (χ0) is 19.6. The molecule has 0 radical (unpaired) electrons. The fourth-order valence-electron chi connectivity index (χ4n) is 4.63. The summed E-state index contributed by atoms with van der Waals surface area (Å²) in [4.78, 5) is 40.0. The summed E-state index contributed by atoms with van der Waals surface area (Å²) in [5.41, 5.74) is 1.35. The molecule has 2 aromatic carbocycles. The van der Waals surface area contributed by atoms with E-state index in [1.54, 1.807) is 24.3 Å². The molecule has 0 saturated heterocycles. The van der Waals surface area contributed by atoms with Gasteiger partial charge in [-0.2, -0.15) is 0 Å². The zero-order valence-corrected chi connectivity index (χ0v) is 15.8. The largest absolute Gasteiger partial charge is 0.294 e. The van der Waals surface area contributed by atoms with Crippen molar-refractivity contribution >= 4 is 22.3 Å². The Kier molecular flexibility index (Phi) is 3.41. The summed E-state index contributed by atoms with van der Waals surface area (Å²) >= 11 is 0. The Bertz CT molecular complexity index is 1290. The standard InChI is InChI=1S/C23H20N2O3/c1-23(2)12-17-19(18(26)13-23)20(14-8-4-3-5-9-14)25-22(28)16-11-7-6-10-15(16)21(27)24(17)25/h3-11,20H,12-13H2,1-2H3/t20-/m1/s1. The van der Waals surface area contributed by atoms with Gasteiger partial charge in [0.25, 0.3) is 11.1 Å². The highest BCUT2D eigenvalue weighted by Crippen LogP contribution is 2.46. The smallest absolute Gasteiger partial charge is 0.277 e. The van der Waals surface area contributed by atoms with Crippen LogP contribution in [0.4, 0.5) is 0 Å². The van der Waals surface area contributed by atoms with Crippen LogP contribution in [0.2, 0.25) is 0 Å². The second-order valence-electron chi connectivity index (χ2n) is 8.43. The Morgan fingerprint density at radius 2 is 1.43 bits per heavy atom. The van der Waals surface area contributed by atoms with E-state index in [0.717, 1.165) is 5.56 Å². The number of allylic oxidation sites excluding steroid dienone is 2. The maximum Gasteiger partial charge on any atom is 0.277 e. The maximum absolute atomic E-state index is 13.4. The van der Waals surface area contributed by atoms with Gasteiger partial charge in [-0.15, -0.1) is 0 Å². The lowest BCUT2D eigenvalue weighted by molar-refractivity contribution is -0.118. The van der Waals surface area contributed by atoms with Gasteiger partial charge in [0.2, 0.25) is 0 Å². The molecule has 140 valence electrons. The van der Waals surface area contributed by atoms with Crippen LogP contribution >= 0.6 is 0 Å². The molecule has 1 aromatic heterocycles. The number of hydrogen-bond donors (Lipinski definition) is 0. The molecule has 0 spiro atoms. The minimum absolute atomic E-state index is 0.0131. The van der Waals surface area contributed by atoms with E-state index >= 15 is 0 Å². The average Bonchev–Trinajstić information content (AvgIpc) is 3.01. The van der Waals surface area contributed by atoms with Gasteiger partial charge in [-0.3, -0.25) is 14.4 Å². The second-order valence-corrected chi connectivity index (χ2v) is 8.43. The second kappa shape index (κ2) is 5.64. The molecule has 1 aliphatic carbocycles. The fourth-order valence-corrected chi connectivity index (χ4v) is 4.63. The number of fused-ring (bicyclic) bond motifs is 3. The van der Waals surface area contributed by atoms with Crippen molar-refractivity contribution in [2.45, 2.75) is 32.7 Å². The number of nitrogens with zero attached hydrogens (tertiary/aromatic N) is 2. The molecule has 5 rings (SSSR count). The normalized spacial score (nSPS) is 20.4. The van der Waals surface area contributed by atoms with E-state index in [-0.39, 0.29) is 22.3 Å². The van der Waals surface area contributed by atoms with Crippen LogP contribution in [-0.2, 0) is 4.79 Å². The summed E-state index contributed by atoms with van der Waals surface area (Å²) in [7, 11) is 0. The minimum Gasteiger partial charge on any atom is -0.294 e. The molecule has 3 aromatic rings. The summed E-state index contributed by atoms with van der Waals surface area (Å²) in [5.74, 6) is 0.0131. The summed E-state index contributed by atoms with van der Waals surface area (Å²) < 4.78 is 2.96. The van der Waals surface area contributed by atoms with Crippen LogP contribution in [0, 0.1) is 5.41 Å². The molecule has 2 heterocycles. The van der Waals surface area contributed by atoms with Crippen molar-refractivity contribution in [3.63, 3.8) is 0 Å². The molecule has 28 heavy (non-hydrogen) atoms. The first-order valence-corrected chi connectivity index (χ1v) is 9.47. The van der Waals surface area contributed by atoms with Gasteiger partial charge in [0.05, 0.1) is 16.5 Å². The number of carbonyl (C=O) groups is 1. The van der Waals surface area contributed by atoms with E-state index in [1.165, 1.54) is 9.36 Å². The lowest BCUT2D eigenvalue weighted by atomic mass is 9.74. The predicted molar refractivity (Wildman–Crippen MR) is 108 cm³/mol. The molecule has 0 bridgehead atoms. The van der Waals surface area contributed by atoms with Crippen molar-refractivity contribution in [2.75, 3.05) is 0 Å². The first-order valence-electron chi connectivity index (χ1n) is 9.47. The fraction of sp³-hybridized carbons (Fsp3) is 0.261. The molecule has 0 unspecified atom stereocenters. The summed E-state index contributed by atoms with van der Waals surface area (Å²) in [6.45, 7) is 4.05. The highest BCUT2D eigenvalue weighted by Gasteiger charge is 2.44. The molecule has 0 amide bonds. The monoisotopic (exact) mass is 372 g/mol. The lowest BCUT2D eigenvalue weighted by Gasteiger charge is -2.30. The van der Waals surface area contributed by atoms with E-state index in [4.69, 9.17) is 0 Å². The van der Waals surface area contributed by atoms with E-state index < -0.39 is 6.04 Å². The number of Topliss-reactive ketones (excluding diaryl/α,β-unsaturated/α-hetero) is 1. The van der Waals surface area contributed by atoms with Crippen molar-refractivity contribution < 1.29 is 4.79 Å². The van der Waals surface area contributed by atoms with E-state index in [0.29, 0.717) is 34.9 Å². The average molecular weight is 372 g/mol. The Balaban J connectivity index is 1.94. The maximum atomic E-state index is 13.4. The molecule has 1 aliphatic heterocycles. The minimum atomic E-state index is -0.565. The van der Waals surface area contributed by atoms with Crippen LogP contribution in [-0.4, -0.2) is 15.1 Å². The molecule has 0 fully saturated rings. The van der Waals surface area contributed by atoms with Crippen molar-refractivity contribution in [2.24, 2.45) is 5.41 Å². The summed E-state index contributed by atoms with van der Waals surface area (Å²) in [6.07, 6.45) is 0.987. The highest BCUT2D eigenvalue weighted by atomic mass is 16.2. The lowest BCUT2D eigenvalue weighted by Crippen LogP contribution is -2.37. The van der Waals surface area contributed by atoms with Crippen LogP contribution < -0.4 is 11.1 Å². The van der Waals surface area contributed by atoms with Crippen LogP contribution in [0.3, 0.4) is 0 Å². The molecule has 5 heteroatoms. The number of carbonyl (C=O) groups excluding carboxylic acids is 1. The van der Waals surface area contributed by atoms with Gasteiger partial charge >= 0.3 is 0 Å². The van der Waals surface area contributed by atoms with Crippen molar-refractivity contribution in [1.29, 1.82) is 0 Å². The van der Waals surface area contributed by atoms with Gasteiger partial charge in [0.15, 0.2) is 5.78 Å². The summed E-state index contributed by atoms with van der Waals surface area (Å²) in [6, 6.07) is 15.8. The summed E-state index contributed by atoms with van der Waals surface area (Å²) in [5, 5.41) is 0.774. The molecule has 2 aliphatic rings. The number of ketones is 1. The number of rotatable bonds is 1. The Morgan fingerprint density at radius 1 is 0.821 bits per heavy atom. The topological polar surface area (TPSA) is 61.1 Å². The van der Waals surface area contributed by atoms with Crippen LogP contribution in [0.5, 0.6) is 0 Å². The van der Waals surface area contributed by atoms with E-state index in [2.05, 4.69) is 0 Å². The van der Waals surface area contributed by atoms with Gasteiger partial charge in [0, 0.05) is 12.0 Å². The van der Waals surface area contributed by atoms with Crippen LogP contribution in [0.1, 0.15) is 38.3 Å². The quantitative estimate of drug-likeness (QED) is 0.658. The Labute approximate surface area is 161 Å². The third kappa shape index (κ3) is 2.22. The molecular formula is C23H20N2O3. The first kappa shape index (κ1) is 16.9.